The topological polar surface area (TPSA) is 38.5 Å². The summed E-state index contributed by atoms with van der Waals surface area (Å²) in [5.41, 5.74) is 5.97. The Morgan fingerprint density at radius 2 is 1.71 bits per heavy atom. The Labute approximate surface area is 107 Å². The first kappa shape index (κ1) is 14.9. The first-order valence-corrected chi connectivity index (χ1v) is 7.35. The zero-order chi connectivity index (χ0) is 12.5. The molecule has 0 saturated heterocycles. The van der Waals surface area contributed by atoms with E-state index in [1.807, 2.05) is 0 Å². The average molecular weight is 242 g/mol. The summed E-state index contributed by atoms with van der Waals surface area (Å²) in [6.07, 6.45) is 7.29. The van der Waals surface area contributed by atoms with Gasteiger partial charge in [0.1, 0.15) is 0 Å². The lowest BCUT2D eigenvalue weighted by Crippen LogP contribution is -2.42. The van der Waals surface area contributed by atoms with Crippen LogP contribution in [0.4, 0.5) is 0 Å². The van der Waals surface area contributed by atoms with Crippen LogP contribution in [-0.4, -0.2) is 43.3 Å². The molecule has 0 aromatic heterocycles. The third kappa shape index (κ3) is 5.84. The molecule has 0 bridgehead atoms. The van der Waals surface area contributed by atoms with Crippen molar-refractivity contribution in [3.63, 3.8) is 0 Å². The Hall–Kier alpha value is -0.120. The lowest BCUT2D eigenvalue weighted by molar-refractivity contribution is 0.0748. The summed E-state index contributed by atoms with van der Waals surface area (Å²) in [6, 6.07) is 1.20. The maximum atomic E-state index is 5.97. The van der Waals surface area contributed by atoms with Gasteiger partial charge in [-0.05, 0) is 45.1 Å². The second-order valence-electron chi connectivity index (χ2n) is 5.22. The summed E-state index contributed by atoms with van der Waals surface area (Å²) in [4.78, 5) is 2.61. The SMILES string of the molecule is CCCOCCN(CCC)C1CCC(N)CC1. The monoisotopic (exact) mass is 242 g/mol. The summed E-state index contributed by atoms with van der Waals surface area (Å²) in [5, 5.41) is 0. The summed E-state index contributed by atoms with van der Waals surface area (Å²) in [6.45, 7) is 8.50. The van der Waals surface area contributed by atoms with Gasteiger partial charge in [0.15, 0.2) is 0 Å². The van der Waals surface area contributed by atoms with Crippen LogP contribution in [0.2, 0.25) is 0 Å². The van der Waals surface area contributed by atoms with E-state index in [9.17, 15) is 0 Å². The predicted molar refractivity (Wildman–Crippen MR) is 73.2 cm³/mol. The highest BCUT2D eigenvalue weighted by Crippen LogP contribution is 2.22. The van der Waals surface area contributed by atoms with Crippen LogP contribution in [0, 0.1) is 0 Å². The van der Waals surface area contributed by atoms with Crippen LogP contribution in [0.5, 0.6) is 0 Å². The van der Waals surface area contributed by atoms with Gasteiger partial charge in [-0.15, -0.1) is 0 Å². The fraction of sp³-hybridized carbons (Fsp3) is 1.00. The van der Waals surface area contributed by atoms with Gasteiger partial charge in [0.2, 0.25) is 0 Å². The molecule has 0 spiro atoms. The Balaban J connectivity index is 2.26. The molecule has 0 radical (unpaired) electrons. The zero-order valence-corrected chi connectivity index (χ0v) is 11.7. The molecule has 1 saturated carbocycles. The molecule has 0 aromatic carbocycles. The van der Waals surface area contributed by atoms with Crippen molar-refractivity contribution in [2.24, 2.45) is 5.73 Å². The van der Waals surface area contributed by atoms with Gasteiger partial charge in [0.05, 0.1) is 6.61 Å². The standard InChI is InChI=1S/C14H30N2O/c1-3-9-16(10-12-17-11-4-2)14-7-5-13(15)6-8-14/h13-14H,3-12,15H2,1-2H3. The van der Waals surface area contributed by atoms with Crippen molar-refractivity contribution in [3.8, 4) is 0 Å². The van der Waals surface area contributed by atoms with Gasteiger partial charge < -0.3 is 10.5 Å². The lowest BCUT2D eigenvalue weighted by Gasteiger charge is -2.35. The van der Waals surface area contributed by atoms with Crippen molar-refractivity contribution in [3.05, 3.63) is 0 Å². The molecule has 1 fully saturated rings. The average Bonchev–Trinajstić information content (AvgIpc) is 2.34. The van der Waals surface area contributed by atoms with Crippen molar-refractivity contribution < 1.29 is 4.74 Å². The molecule has 2 N–H and O–H groups in total. The van der Waals surface area contributed by atoms with Crippen molar-refractivity contribution in [2.45, 2.75) is 64.5 Å². The molecule has 3 nitrogen and oxygen atoms in total. The second-order valence-corrected chi connectivity index (χ2v) is 5.22. The summed E-state index contributed by atoms with van der Waals surface area (Å²) in [7, 11) is 0. The quantitative estimate of drug-likeness (QED) is 0.664. The minimum atomic E-state index is 0.450. The Morgan fingerprint density at radius 3 is 2.29 bits per heavy atom. The van der Waals surface area contributed by atoms with Crippen molar-refractivity contribution in [1.82, 2.24) is 4.90 Å². The summed E-state index contributed by atoms with van der Waals surface area (Å²) >= 11 is 0. The molecule has 0 unspecified atom stereocenters. The Morgan fingerprint density at radius 1 is 1.00 bits per heavy atom. The van der Waals surface area contributed by atoms with Crippen molar-refractivity contribution in [2.75, 3.05) is 26.3 Å². The molecule has 17 heavy (non-hydrogen) atoms. The van der Waals surface area contributed by atoms with Gasteiger partial charge >= 0.3 is 0 Å². The fourth-order valence-electron chi connectivity index (χ4n) is 2.66. The van der Waals surface area contributed by atoms with E-state index in [1.165, 1.54) is 38.6 Å². The van der Waals surface area contributed by atoms with Crippen LogP contribution in [0.1, 0.15) is 52.4 Å². The van der Waals surface area contributed by atoms with E-state index < -0.39 is 0 Å². The van der Waals surface area contributed by atoms with Gasteiger partial charge in [-0.25, -0.2) is 0 Å². The van der Waals surface area contributed by atoms with Gasteiger partial charge in [-0.3, -0.25) is 4.90 Å². The highest BCUT2D eigenvalue weighted by molar-refractivity contribution is 4.81. The van der Waals surface area contributed by atoms with E-state index >= 15 is 0 Å². The lowest BCUT2D eigenvalue weighted by atomic mass is 9.90. The van der Waals surface area contributed by atoms with Crippen molar-refractivity contribution in [1.29, 1.82) is 0 Å². The van der Waals surface area contributed by atoms with E-state index in [-0.39, 0.29) is 0 Å². The molecule has 1 aliphatic rings. The molecule has 0 aromatic rings. The Bertz CT molecular complexity index is 179. The van der Waals surface area contributed by atoms with Crippen LogP contribution < -0.4 is 5.73 Å². The minimum Gasteiger partial charge on any atom is -0.380 e. The summed E-state index contributed by atoms with van der Waals surface area (Å²) < 4.78 is 5.61. The highest BCUT2D eigenvalue weighted by Gasteiger charge is 2.23. The fourth-order valence-corrected chi connectivity index (χ4v) is 2.66. The number of rotatable bonds is 8. The number of hydrogen-bond acceptors (Lipinski definition) is 3. The largest absolute Gasteiger partial charge is 0.380 e. The molecule has 0 heterocycles. The smallest absolute Gasteiger partial charge is 0.0593 e. The third-order valence-corrected chi connectivity index (χ3v) is 3.64. The van der Waals surface area contributed by atoms with Crippen LogP contribution in [0.25, 0.3) is 0 Å². The van der Waals surface area contributed by atoms with Crippen LogP contribution in [0.15, 0.2) is 0 Å². The Kier molecular flexibility index (Phi) is 7.82. The molecule has 0 aliphatic heterocycles. The van der Waals surface area contributed by atoms with E-state index in [4.69, 9.17) is 10.5 Å². The normalized spacial score (nSPS) is 25.4. The first-order chi connectivity index (χ1) is 8.27. The predicted octanol–water partition coefficient (Wildman–Crippen LogP) is 2.39. The second kappa shape index (κ2) is 8.90. The van der Waals surface area contributed by atoms with Crippen LogP contribution >= 0.6 is 0 Å². The number of nitrogens with zero attached hydrogens (tertiary/aromatic N) is 1. The maximum absolute atomic E-state index is 5.97. The number of hydrogen-bond donors (Lipinski definition) is 1. The molecule has 1 rings (SSSR count). The zero-order valence-electron chi connectivity index (χ0n) is 11.7. The van der Waals surface area contributed by atoms with Gasteiger partial charge in [0.25, 0.3) is 0 Å². The molecular weight excluding hydrogens is 212 g/mol. The number of ether oxygens (including phenoxy) is 1. The highest BCUT2D eigenvalue weighted by atomic mass is 16.5. The molecule has 1 aliphatic carbocycles. The van der Waals surface area contributed by atoms with Crippen LogP contribution in [0.3, 0.4) is 0 Å². The maximum Gasteiger partial charge on any atom is 0.0593 e. The third-order valence-electron chi connectivity index (χ3n) is 3.64. The summed E-state index contributed by atoms with van der Waals surface area (Å²) in [5.74, 6) is 0. The molecule has 102 valence electrons. The number of nitrogens with two attached hydrogens (primary N) is 1. The van der Waals surface area contributed by atoms with Crippen LogP contribution in [-0.2, 0) is 4.74 Å². The van der Waals surface area contributed by atoms with Crippen molar-refractivity contribution >= 4 is 0 Å². The minimum absolute atomic E-state index is 0.450. The molecule has 3 heteroatoms. The molecule has 0 atom stereocenters. The van der Waals surface area contributed by atoms with E-state index in [0.717, 1.165) is 32.2 Å². The molecular formula is C14H30N2O. The first-order valence-electron chi connectivity index (χ1n) is 7.35. The molecule has 0 amide bonds. The van der Waals surface area contributed by atoms with Gasteiger partial charge in [-0.2, -0.15) is 0 Å². The van der Waals surface area contributed by atoms with E-state index in [0.29, 0.717) is 6.04 Å². The van der Waals surface area contributed by atoms with E-state index in [2.05, 4.69) is 18.7 Å². The van der Waals surface area contributed by atoms with Gasteiger partial charge in [-0.1, -0.05) is 13.8 Å². The van der Waals surface area contributed by atoms with E-state index in [1.54, 1.807) is 0 Å². The van der Waals surface area contributed by atoms with Gasteiger partial charge in [0, 0.05) is 25.2 Å².